The number of piperazine rings is 1. The molecule has 11 nitrogen and oxygen atoms in total. The van der Waals surface area contributed by atoms with Gasteiger partial charge in [-0.2, -0.15) is 0 Å². The highest BCUT2D eigenvalue weighted by molar-refractivity contribution is 6.02. The van der Waals surface area contributed by atoms with Crippen molar-refractivity contribution in [3.05, 3.63) is 102 Å². The van der Waals surface area contributed by atoms with Crippen molar-refractivity contribution in [2.24, 2.45) is 0 Å². The van der Waals surface area contributed by atoms with Crippen LogP contribution in [0.2, 0.25) is 0 Å². The normalized spacial score (nSPS) is 16.5. The van der Waals surface area contributed by atoms with E-state index in [0.29, 0.717) is 58.7 Å². The number of hydrogen-bond donors (Lipinski definition) is 2. The molecule has 3 heterocycles. The first-order chi connectivity index (χ1) is 23.3. The van der Waals surface area contributed by atoms with Gasteiger partial charge in [0, 0.05) is 50.8 Å². The highest BCUT2D eigenvalue weighted by atomic mass is 19.1. The molecule has 250 valence electrons. The fraction of sp³-hybridized carbons (Fsp3) is 0.286. The Balaban J connectivity index is 1.24. The Bertz CT molecular complexity index is 1780. The zero-order valence-electron chi connectivity index (χ0n) is 26.8. The van der Waals surface area contributed by atoms with E-state index in [-0.39, 0.29) is 24.4 Å². The Hall–Kier alpha value is -5.27. The average Bonchev–Trinajstić information content (AvgIpc) is 3.58. The molecule has 2 N–H and O–H groups in total. The van der Waals surface area contributed by atoms with Gasteiger partial charge in [0.05, 0.1) is 36.8 Å². The molecule has 2 aliphatic heterocycles. The molecule has 3 aromatic carbocycles. The lowest BCUT2D eigenvalue weighted by Gasteiger charge is -2.35. The lowest BCUT2D eigenvalue weighted by Crippen LogP contribution is -2.44. The smallest absolute Gasteiger partial charge is 0.247 e. The summed E-state index contributed by atoms with van der Waals surface area (Å²) in [6, 6.07) is 15.6. The van der Waals surface area contributed by atoms with Gasteiger partial charge in [-0.15, -0.1) is 0 Å². The molecule has 6 rings (SSSR count). The van der Waals surface area contributed by atoms with E-state index < -0.39 is 5.82 Å². The number of amides is 1. The van der Waals surface area contributed by atoms with Crippen molar-refractivity contribution >= 4 is 34.6 Å². The summed E-state index contributed by atoms with van der Waals surface area (Å²) >= 11 is 0. The molecule has 0 radical (unpaired) electrons. The molecule has 2 saturated heterocycles. The van der Waals surface area contributed by atoms with Crippen LogP contribution in [-0.4, -0.2) is 67.7 Å². The minimum absolute atomic E-state index is 0.0886. The van der Waals surface area contributed by atoms with E-state index in [2.05, 4.69) is 44.0 Å². The van der Waals surface area contributed by atoms with Crippen molar-refractivity contribution in [1.29, 1.82) is 0 Å². The summed E-state index contributed by atoms with van der Waals surface area (Å²) in [5.41, 5.74) is 3.29. The SMILES string of the molecule is C=CC(=O)Nc1cc(Nc2cc(N3OCC[C@@H]3c3cc(F)cc(OCc4cccc(F)c4)c3)ncn2)c(OC)cc1N1CCN(C)CC1. The first kappa shape index (κ1) is 32.7. The number of rotatable bonds is 11. The predicted octanol–water partition coefficient (Wildman–Crippen LogP) is 5.85. The second-order valence-electron chi connectivity index (χ2n) is 11.5. The summed E-state index contributed by atoms with van der Waals surface area (Å²) in [6.45, 7) is 7.44. The van der Waals surface area contributed by atoms with Gasteiger partial charge < -0.3 is 29.9 Å². The molecule has 1 amide bonds. The Labute approximate surface area is 277 Å². The molecular weight excluding hydrogens is 620 g/mol. The zero-order valence-corrected chi connectivity index (χ0v) is 26.8. The average molecular weight is 658 g/mol. The molecule has 48 heavy (non-hydrogen) atoms. The van der Waals surface area contributed by atoms with Crippen LogP contribution in [0.25, 0.3) is 0 Å². The van der Waals surface area contributed by atoms with E-state index in [1.54, 1.807) is 36.4 Å². The number of carbonyl (C=O) groups excluding carboxylic acids is 1. The number of hydrogen-bond acceptors (Lipinski definition) is 10. The standard InChI is InChI=1S/C35H37F2N7O4/c1-4-35(45)41-28-18-29(32(46-3)19-31(28)43-11-9-42(2)10-12-43)40-33-20-34(39-22-38-33)44-30(8-13-48-44)24-15-26(37)17-27(16-24)47-21-23-6-5-7-25(36)14-23/h4-7,14-20,22,30H,1,8-13,21H2,2-3H3,(H,41,45)(H,38,39,40)/t30-/m1/s1. The van der Waals surface area contributed by atoms with E-state index in [0.717, 1.165) is 31.9 Å². The number of nitrogens with zero attached hydrogens (tertiary/aromatic N) is 5. The Kier molecular flexibility index (Phi) is 9.97. The van der Waals surface area contributed by atoms with Crippen molar-refractivity contribution in [2.75, 3.05) is 67.5 Å². The summed E-state index contributed by atoms with van der Waals surface area (Å²) < 4.78 is 40.0. The molecule has 0 unspecified atom stereocenters. The van der Waals surface area contributed by atoms with Gasteiger partial charge in [-0.3, -0.25) is 9.63 Å². The van der Waals surface area contributed by atoms with Crippen LogP contribution in [0.15, 0.2) is 79.6 Å². The molecule has 1 atom stereocenters. The highest BCUT2D eigenvalue weighted by Crippen LogP contribution is 2.40. The van der Waals surface area contributed by atoms with Gasteiger partial charge in [0.2, 0.25) is 5.91 Å². The number of ether oxygens (including phenoxy) is 2. The first-order valence-corrected chi connectivity index (χ1v) is 15.6. The maximum atomic E-state index is 14.8. The summed E-state index contributed by atoms with van der Waals surface area (Å²) in [5.74, 6) is 0.607. The van der Waals surface area contributed by atoms with Gasteiger partial charge in [-0.25, -0.2) is 23.8 Å². The van der Waals surface area contributed by atoms with Crippen LogP contribution in [0.4, 0.5) is 37.5 Å². The monoisotopic (exact) mass is 657 g/mol. The summed E-state index contributed by atoms with van der Waals surface area (Å²) in [6.07, 6.45) is 3.21. The van der Waals surface area contributed by atoms with Crippen LogP contribution in [0.5, 0.6) is 11.5 Å². The van der Waals surface area contributed by atoms with E-state index in [1.807, 2.05) is 12.1 Å². The van der Waals surface area contributed by atoms with E-state index in [1.165, 1.54) is 36.7 Å². The van der Waals surface area contributed by atoms with Gasteiger partial charge in [0.25, 0.3) is 0 Å². The number of benzene rings is 3. The molecule has 2 aliphatic rings. The predicted molar refractivity (Wildman–Crippen MR) is 180 cm³/mol. The molecule has 0 aliphatic carbocycles. The number of nitrogens with one attached hydrogen (secondary N) is 2. The lowest BCUT2D eigenvalue weighted by atomic mass is 10.0. The van der Waals surface area contributed by atoms with Gasteiger partial charge >= 0.3 is 0 Å². The number of halogens is 2. The maximum absolute atomic E-state index is 14.8. The highest BCUT2D eigenvalue weighted by Gasteiger charge is 2.30. The topological polar surface area (TPSA) is 104 Å². The summed E-state index contributed by atoms with van der Waals surface area (Å²) in [5, 5.41) is 7.85. The third kappa shape index (κ3) is 7.64. The fourth-order valence-corrected chi connectivity index (χ4v) is 5.75. The number of anilines is 5. The van der Waals surface area contributed by atoms with Crippen LogP contribution >= 0.6 is 0 Å². The van der Waals surface area contributed by atoms with Gasteiger partial charge in [0.15, 0.2) is 5.82 Å². The van der Waals surface area contributed by atoms with Crippen molar-refractivity contribution < 1.29 is 27.9 Å². The largest absolute Gasteiger partial charge is 0.494 e. The number of aromatic nitrogens is 2. The minimum atomic E-state index is -0.467. The third-order valence-electron chi connectivity index (χ3n) is 8.22. The number of likely N-dealkylation sites (N-methyl/N-ethyl adjacent to an activating group) is 1. The number of methoxy groups -OCH3 is 1. The van der Waals surface area contributed by atoms with Gasteiger partial charge in [0.1, 0.15) is 41.9 Å². The van der Waals surface area contributed by atoms with Gasteiger partial charge in [-0.1, -0.05) is 18.7 Å². The van der Waals surface area contributed by atoms with Crippen molar-refractivity contribution in [2.45, 2.75) is 19.1 Å². The lowest BCUT2D eigenvalue weighted by molar-refractivity contribution is -0.111. The molecule has 4 aromatic rings. The molecule has 1 aromatic heterocycles. The Morgan fingerprint density at radius 3 is 2.65 bits per heavy atom. The first-order valence-electron chi connectivity index (χ1n) is 15.6. The molecular formula is C35H37F2N7O4. The van der Waals surface area contributed by atoms with Crippen molar-refractivity contribution in [3.8, 4) is 11.5 Å². The minimum Gasteiger partial charge on any atom is -0.494 e. The second kappa shape index (κ2) is 14.7. The number of carbonyl (C=O) groups is 1. The Morgan fingerprint density at radius 1 is 1.04 bits per heavy atom. The van der Waals surface area contributed by atoms with Crippen LogP contribution in [0.3, 0.4) is 0 Å². The van der Waals surface area contributed by atoms with E-state index >= 15 is 0 Å². The summed E-state index contributed by atoms with van der Waals surface area (Å²) in [4.78, 5) is 31.7. The van der Waals surface area contributed by atoms with Gasteiger partial charge in [-0.05, 0) is 54.6 Å². The third-order valence-corrected chi connectivity index (χ3v) is 8.22. The Morgan fingerprint density at radius 2 is 1.88 bits per heavy atom. The fourth-order valence-electron chi connectivity index (χ4n) is 5.75. The number of hydroxylamine groups is 1. The molecule has 0 saturated carbocycles. The van der Waals surface area contributed by atoms with Crippen LogP contribution in [0.1, 0.15) is 23.6 Å². The van der Waals surface area contributed by atoms with Crippen LogP contribution < -0.4 is 30.1 Å². The molecule has 13 heteroatoms. The molecule has 0 bridgehead atoms. The van der Waals surface area contributed by atoms with E-state index in [4.69, 9.17) is 14.3 Å². The molecule has 0 spiro atoms. The maximum Gasteiger partial charge on any atom is 0.247 e. The second-order valence-corrected chi connectivity index (χ2v) is 11.5. The molecule has 2 fully saturated rings. The van der Waals surface area contributed by atoms with Crippen LogP contribution in [-0.2, 0) is 16.2 Å². The quantitative estimate of drug-likeness (QED) is 0.191. The van der Waals surface area contributed by atoms with E-state index in [9.17, 15) is 13.6 Å². The zero-order chi connectivity index (χ0) is 33.6. The van der Waals surface area contributed by atoms with Crippen molar-refractivity contribution in [1.82, 2.24) is 14.9 Å². The van der Waals surface area contributed by atoms with Crippen molar-refractivity contribution in [3.63, 3.8) is 0 Å². The summed E-state index contributed by atoms with van der Waals surface area (Å²) in [7, 11) is 3.66. The van der Waals surface area contributed by atoms with Crippen LogP contribution in [0, 0.1) is 11.6 Å².